The standard InChI is InChI=1S/C13H15BrN2O3/c1-7-9(13(18)19-2)3-4-10(12(7)14)16-6-8(15)5-11(16)17/h3-4,8H,5-6,15H2,1-2H3. The molecule has 6 heteroatoms. The highest BCUT2D eigenvalue weighted by atomic mass is 79.9. The molecule has 1 saturated heterocycles. The van der Waals surface area contributed by atoms with Crippen molar-refractivity contribution in [3.05, 3.63) is 27.7 Å². The molecule has 0 saturated carbocycles. The molecule has 0 spiro atoms. The SMILES string of the molecule is COC(=O)c1ccc(N2CC(N)CC2=O)c(Br)c1C. The summed E-state index contributed by atoms with van der Waals surface area (Å²) in [5.74, 6) is -0.396. The zero-order valence-electron chi connectivity index (χ0n) is 10.8. The summed E-state index contributed by atoms with van der Waals surface area (Å²) in [5, 5.41) is 0. The van der Waals surface area contributed by atoms with Gasteiger partial charge in [-0.15, -0.1) is 0 Å². The van der Waals surface area contributed by atoms with Gasteiger partial charge in [0.2, 0.25) is 5.91 Å². The zero-order chi connectivity index (χ0) is 14.2. The average Bonchev–Trinajstić information content (AvgIpc) is 2.71. The molecule has 5 nitrogen and oxygen atoms in total. The van der Waals surface area contributed by atoms with Crippen LogP contribution in [-0.4, -0.2) is 31.6 Å². The molecular weight excluding hydrogens is 312 g/mol. The molecule has 1 fully saturated rings. The van der Waals surface area contributed by atoms with Crippen LogP contribution in [0.25, 0.3) is 0 Å². The van der Waals surface area contributed by atoms with E-state index < -0.39 is 5.97 Å². The van der Waals surface area contributed by atoms with Crippen molar-refractivity contribution >= 4 is 33.5 Å². The minimum absolute atomic E-state index is 0.00146. The lowest BCUT2D eigenvalue weighted by atomic mass is 10.1. The van der Waals surface area contributed by atoms with Crippen molar-refractivity contribution in [1.82, 2.24) is 0 Å². The maximum atomic E-state index is 11.9. The summed E-state index contributed by atoms with van der Waals surface area (Å²) in [6.45, 7) is 2.30. The van der Waals surface area contributed by atoms with Gasteiger partial charge in [0, 0.05) is 23.5 Å². The van der Waals surface area contributed by atoms with Gasteiger partial charge in [0.1, 0.15) is 0 Å². The summed E-state index contributed by atoms with van der Waals surface area (Å²) < 4.78 is 5.44. The summed E-state index contributed by atoms with van der Waals surface area (Å²) in [6, 6.07) is 3.26. The fourth-order valence-corrected chi connectivity index (χ4v) is 2.74. The number of anilines is 1. The molecule has 0 radical (unpaired) electrons. The Hall–Kier alpha value is -1.40. The number of nitrogens with zero attached hydrogens (tertiary/aromatic N) is 1. The normalized spacial score (nSPS) is 18.8. The summed E-state index contributed by atoms with van der Waals surface area (Å²) in [5.41, 5.74) is 7.76. The number of nitrogens with two attached hydrogens (primary N) is 1. The highest BCUT2D eigenvalue weighted by Gasteiger charge is 2.30. The van der Waals surface area contributed by atoms with E-state index in [0.29, 0.717) is 18.5 Å². The van der Waals surface area contributed by atoms with Gasteiger partial charge in [0.15, 0.2) is 0 Å². The zero-order valence-corrected chi connectivity index (χ0v) is 12.4. The lowest BCUT2D eigenvalue weighted by Gasteiger charge is -2.20. The first-order valence-corrected chi connectivity index (χ1v) is 6.68. The molecule has 0 aromatic heterocycles. The van der Waals surface area contributed by atoms with Crippen molar-refractivity contribution < 1.29 is 14.3 Å². The number of carbonyl (C=O) groups is 2. The minimum atomic E-state index is -0.394. The number of hydrogen-bond acceptors (Lipinski definition) is 4. The number of methoxy groups -OCH3 is 1. The van der Waals surface area contributed by atoms with Gasteiger partial charge in [-0.25, -0.2) is 4.79 Å². The van der Waals surface area contributed by atoms with Crippen LogP contribution in [0.15, 0.2) is 16.6 Å². The first-order chi connectivity index (χ1) is 8.95. The van der Waals surface area contributed by atoms with Gasteiger partial charge in [0.05, 0.1) is 18.4 Å². The number of esters is 1. The molecule has 1 atom stereocenters. The van der Waals surface area contributed by atoms with E-state index in [0.717, 1.165) is 15.7 Å². The first-order valence-electron chi connectivity index (χ1n) is 5.89. The Bertz CT molecular complexity index is 545. The highest BCUT2D eigenvalue weighted by molar-refractivity contribution is 9.10. The van der Waals surface area contributed by atoms with E-state index in [2.05, 4.69) is 15.9 Å². The van der Waals surface area contributed by atoms with Crippen LogP contribution in [0.2, 0.25) is 0 Å². The predicted octanol–water partition coefficient (Wildman–Crippen LogP) is 1.61. The number of amides is 1. The highest BCUT2D eigenvalue weighted by Crippen LogP contribution is 2.34. The average molecular weight is 327 g/mol. The summed E-state index contributed by atoms with van der Waals surface area (Å²) in [4.78, 5) is 25.1. The monoisotopic (exact) mass is 326 g/mol. The van der Waals surface area contributed by atoms with E-state index in [1.165, 1.54) is 7.11 Å². The molecule has 1 aromatic carbocycles. The fraction of sp³-hybridized carbons (Fsp3) is 0.385. The molecule has 1 heterocycles. The van der Waals surface area contributed by atoms with Crippen LogP contribution in [0.3, 0.4) is 0 Å². The van der Waals surface area contributed by atoms with Crippen molar-refractivity contribution in [2.45, 2.75) is 19.4 Å². The Kier molecular flexibility index (Phi) is 3.91. The van der Waals surface area contributed by atoms with Crippen LogP contribution in [0.4, 0.5) is 5.69 Å². The number of rotatable bonds is 2. The van der Waals surface area contributed by atoms with E-state index in [4.69, 9.17) is 10.5 Å². The predicted molar refractivity (Wildman–Crippen MR) is 75.2 cm³/mol. The second-order valence-corrected chi connectivity index (χ2v) is 5.32. The molecule has 102 valence electrons. The van der Waals surface area contributed by atoms with E-state index in [1.54, 1.807) is 24.0 Å². The Balaban J connectivity index is 2.42. The molecule has 1 unspecified atom stereocenters. The minimum Gasteiger partial charge on any atom is -0.465 e. The molecule has 19 heavy (non-hydrogen) atoms. The van der Waals surface area contributed by atoms with Gasteiger partial charge < -0.3 is 15.4 Å². The number of ether oxygens (including phenoxy) is 1. The van der Waals surface area contributed by atoms with Crippen LogP contribution in [-0.2, 0) is 9.53 Å². The van der Waals surface area contributed by atoms with Crippen molar-refractivity contribution in [2.24, 2.45) is 5.73 Å². The third-order valence-corrected chi connectivity index (χ3v) is 4.22. The second kappa shape index (κ2) is 5.30. The third-order valence-electron chi connectivity index (χ3n) is 3.22. The first kappa shape index (κ1) is 14.0. The lowest BCUT2D eigenvalue weighted by molar-refractivity contribution is -0.117. The van der Waals surface area contributed by atoms with Crippen LogP contribution in [0.1, 0.15) is 22.3 Å². The maximum absolute atomic E-state index is 11.9. The number of carbonyl (C=O) groups excluding carboxylic acids is 2. The van der Waals surface area contributed by atoms with E-state index in [-0.39, 0.29) is 11.9 Å². The van der Waals surface area contributed by atoms with Crippen LogP contribution in [0, 0.1) is 6.92 Å². The smallest absolute Gasteiger partial charge is 0.338 e. The third kappa shape index (κ3) is 2.50. The number of benzene rings is 1. The molecule has 0 aliphatic carbocycles. The van der Waals surface area contributed by atoms with Crippen molar-refractivity contribution in [2.75, 3.05) is 18.6 Å². The summed E-state index contributed by atoms with van der Waals surface area (Å²) in [7, 11) is 1.34. The quantitative estimate of drug-likeness (QED) is 0.838. The molecular formula is C13H15BrN2O3. The Morgan fingerprint density at radius 1 is 1.53 bits per heavy atom. The van der Waals surface area contributed by atoms with Gasteiger partial charge in [-0.1, -0.05) is 0 Å². The molecule has 1 aliphatic heterocycles. The van der Waals surface area contributed by atoms with Crippen molar-refractivity contribution in [3.8, 4) is 0 Å². The Labute approximate surface area is 119 Å². The van der Waals surface area contributed by atoms with Gasteiger partial charge in [-0.2, -0.15) is 0 Å². The Morgan fingerprint density at radius 2 is 2.21 bits per heavy atom. The van der Waals surface area contributed by atoms with Gasteiger partial charge >= 0.3 is 5.97 Å². The van der Waals surface area contributed by atoms with E-state index >= 15 is 0 Å². The summed E-state index contributed by atoms with van der Waals surface area (Å²) in [6.07, 6.45) is 0.351. The van der Waals surface area contributed by atoms with Crippen LogP contribution < -0.4 is 10.6 Å². The number of hydrogen-bond donors (Lipinski definition) is 1. The molecule has 2 rings (SSSR count). The van der Waals surface area contributed by atoms with Crippen LogP contribution in [0.5, 0.6) is 0 Å². The molecule has 0 bridgehead atoms. The van der Waals surface area contributed by atoms with E-state index in [9.17, 15) is 9.59 Å². The molecule has 1 amide bonds. The molecule has 1 aromatic rings. The fourth-order valence-electron chi connectivity index (χ4n) is 2.18. The van der Waals surface area contributed by atoms with Crippen LogP contribution >= 0.6 is 15.9 Å². The maximum Gasteiger partial charge on any atom is 0.338 e. The lowest BCUT2D eigenvalue weighted by Crippen LogP contribution is -2.28. The van der Waals surface area contributed by atoms with Gasteiger partial charge in [-0.05, 0) is 40.5 Å². The second-order valence-electron chi connectivity index (χ2n) is 4.53. The molecule has 1 aliphatic rings. The van der Waals surface area contributed by atoms with E-state index in [1.807, 2.05) is 0 Å². The van der Waals surface area contributed by atoms with Gasteiger partial charge in [0.25, 0.3) is 0 Å². The largest absolute Gasteiger partial charge is 0.465 e. The van der Waals surface area contributed by atoms with Crippen molar-refractivity contribution in [1.29, 1.82) is 0 Å². The van der Waals surface area contributed by atoms with Crippen molar-refractivity contribution in [3.63, 3.8) is 0 Å². The van der Waals surface area contributed by atoms with Gasteiger partial charge in [-0.3, -0.25) is 4.79 Å². The summed E-state index contributed by atoms with van der Waals surface area (Å²) >= 11 is 3.44. The Morgan fingerprint density at radius 3 is 2.74 bits per heavy atom. The topological polar surface area (TPSA) is 72.6 Å². The number of halogens is 1. The molecule has 2 N–H and O–H groups in total.